The molecule has 0 radical (unpaired) electrons. The number of amides is 2. The maximum atomic E-state index is 12.0. The van der Waals surface area contributed by atoms with Crippen LogP contribution in [0, 0.1) is 0 Å². The van der Waals surface area contributed by atoms with Crippen LogP contribution in [-0.4, -0.2) is 170 Å². The van der Waals surface area contributed by atoms with E-state index in [0.29, 0.717) is 0 Å². The second-order valence-electron chi connectivity index (χ2n) is 9.81. The van der Waals surface area contributed by atoms with Crippen molar-refractivity contribution in [2.45, 2.75) is 106 Å². The minimum atomic E-state index is -1.85. The molecule has 0 aliphatic carbocycles. The second-order valence-corrected chi connectivity index (χ2v) is 9.81. The summed E-state index contributed by atoms with van der Waals surface area (Å²) in [5.41, 5.74) is 0. The molecule has 18 heteroatoms. The smallest absolute Gasteiger partial charge is 0.217 e. The number of nitrogens with one attached hydrogen (secondary N) is 2. The highest BCUT2D eigenvalue weighted by molar-refractivity contribution is 5.73. The molecule has 0 bridgehead atoms. The Labute approximate surface area is 228 Å². The molecule has 11 N–H and O–H groups in total. The Morgan fingerprint density at radius 1 is 0.600 bits per heavy atom. The van der Waals surface area contributed by atoms with Crippen LogP contribution >= 0.6 is 0 Å². The number of carbonyl (C=O) groups is 2. The van der Waals surface area contributed by atoms with Crippen LogP contribution in [0.4, 0.5) is 0 Å². The lowest BCUT2D eigenvalue weighted by molar-refractivity contribution is -0.360. The fourth-order valence-corrected chi connectivity index (χ4v) is 4.87. The average Bonchev–Trinajstić information content (AvgIpc) is 2.90. The van der Waals surface area contributed by atoms with Gasteiger partial charge in [0.25, 0.3) is 0 Å². The largest absolute Gasteiger partial charge is 0.394 e. The molecule has 18 nitrogen and oxygen atoms in total. The predicted octanol–water partition coefficient (Wildman–Crippen LogP) is -7.29. The molecule has 2 amide bonds. The Morgan fingerprint density at radius 2 is 1.05 bits per heavy atom. The number of carbonyl (C=O) groups excluding carboxylic acids is 2. The van der Waals surface area contributed by atoms with Gasteiger partial charge in [-0.3, -0.25) is 9.59 Å². The summed E-state index contributed by atoms with van der Waals surface area (Å²) >= 11 is 0. The van der Waals surface area contributed by atoms with E-state index >= 15 is 0 Å². The summed E-state index contributed by atoms with van der Waals surface area (Å²) in [6, 6.07) is -2.87. The Morgan fingerprint density at radius 3 is 1.57 bits per heavy atom. The average molecular weight is 587 g/mol. The fourth-order valence-electron chi connectivity index (χ4n) is 4.87. The van der Waals surface area contributed by atoms with Crippen molar-refractivity contribution in [1.29, 1.82) is 0 Å². The Balaban J connectivity index is 1.85. The van der Waals surface area contributed by atoms with E-state index in [0.717, 1.165) is 13.8 Å². The van der Waals surface area contributed by atoms with Gasteiger partial charge in [0, 0.05) is 13.8 Å². The van der Waals surface area contributed by atoms with Gasteiger partial charge in [0.2, 0.25) is 11.8 Å². The molecule has 7 unspecified atom stereocenters. The van der Waals surface area contributed by atoms with Gasteiger partial charge in [-0.05, 0) is 0 Å². The Hall–Kier alpha value is -1.62. The third kappa shape index (κ3) is 7.05. The first-order valence-corrected chi connectivity index (χ1v) is 12.6. The molecular weight excluding hydrogens is 548 g/mol. The van der Waals surface area contributed by atoms with Crippen LogP contribution in [0.25, 0.3) is 0 Å². The van der Waals surface area contributed by atoms with Crippen molar-refractivity contribution in [3.8, 4) is 0 Å². The van der Waals surface area contributed by atoms with Crippen LogP contribution in [0.2, 0.25) is 0 Å². The van der Waals surface area contributed by atoms with Crippen molar-refractivity contribution in [1.82, 2.24) is 10.6 Å². The SMILES string of the molecule is CC(=O)NC1C(O)OC(CO)[C@H](O[C@@H]2OC(CO)[C@H](O[C@@H]3OC(CO)[C@H](O)[C@H](O)C3O)[C@H](O)C2NC(C)=O)[C@@H]1O. The van der Waals surface area contributed by atoms with Crippen molar-refractivity contribution in [2.24, 2.45) is 0 Å². The molecule has 3 fully saturated rings. The molecular formula is C22H38N2O16. The molecule has 0 aromatic rings. The molecule has 3 rings (SSSR count). The molecule has 3 heterocycles. The first kappa shape index (κ1) is 32.9. The Bertz CT molecular complexity index is 852. The van der Waals surface area contributed by atoms with Crippen molar-refractivity contribution in [3.05, 3.63) is 0 Å². The second kappa shape index (κ2) is 14.0. The number of hydrogen-bond acceptors (Lipinski definition) is 16. The van der Waals surface area contributed by atoms with Crippen LogP contribution in [0.3, 0.4) is 0 Å². The van der Waals surface area contributed by atoms with E-state index in [1.54, 1.807) is 0 Å². The van der Waals surface area contributed by atoms with Crippen LogP contribution in [-0.2, 0) is 33.3 Å². The van der Waals surface area contributed by atoms with Gasteiger partial charge in [-0.2, -0.15) is 0 Å². The topological polar surface area (TPSA) is 286 Å². The fraction of sp³-hybridized carbons (Fsp3) is 0.909. The first-order chi connectivity index (χ1) is 18.8. The lowest BCUT2D eigenvalue weighted by atomic mass is 9.94. The zero-order valence-corrected chi connectivity index (χ0v) is 21.7. The van der Waals surface area contributed by atoms with Crippen LogP contribution < -0.4 is 10.6 Å². The monoisotopic (exact) mass is 586 g/mol. The van der Waals surface area contributed by atoms with E-state index < -0.39 is 124 Å². The van der Waals surface area contributed by atoms with Gasteiger partial charge in [-0.1, -0.05) is 0 Å². The van der Waals surface area contributed by atoms with E-state index in [4.69, 9.17) is 23.7 Å². The summed E-state index contributed by atoms with van der Waals surface area (Å²) in [6.07, 6.45) is -21.1. The maximum absolute atomic E-state index is 12.0. The third-order valence-electron chi connectivity index (χ3n) is 6.90. The normalized spacial score (nSPS) is 46.0. The van der Waals surface area contributed by atoms with E-state index in [9.17, 15) is 55.5 Å². The van der Waals surface area contributed by atoms with E-state index in [1.807, 2.05) is 0 Å². The number of hydrogen-bond donors (Lipinski definition) is 11. The summed E-state index contributed by atoms with van der Waals surface area (Å²) in [5.74, 6) is -1.30. The lowest BCUT2D eigenvalue weighted by Gasteiger charge is -2.49. The molecule has 3 saturated heterocycles. The quantitative estimate of drug-likeness (QED) is 0.120. The number of rotatable bonds is 9. The highest BCUT2D eigenvalue weighted by Gasteiger charge is 2.54. The third-order valence-corrected chi connectivity index (χ3v) is 6.90. The van der Waals surface area contributed by atoms with Crippen LogP contribution in [0.1, 0.15) is 13.8 Å². The summed E-state index contributed by atoms with van der Waals surface area (Å²) < 4.78 is 27.7. The minimum Gasteiger partial charge on any atom is -0.394 e. The van der Waals surface area contributed by atoms with E-state index in [-0.39, 0.29) is 0 Å². The number of aliphatic hydroxyl groups is 9. The van der Waals surface area contributed by atoms with Gasteiger partial charge in [0.1, 0.15) is 73.1 Å². The summed E-state index contributed by atoms with van der Waals surface area (Å²) in [7, 11) is 0. The van der Waals surface area contributed by atoms with Gasteiger partial charge in [-0.15, -0.1) is 0 Å². The number of aliphatic hydroxyl groups excluding tert-OH is 9. The highest BCUT2D eigenvalue weighted by atomic mass is 16.7. The molecule has 40 heavy (non-hydrogen) atoms. The summed E-state index contributed by atoms with van der Waals surface area (Å²) in [5, 5.41) is 96.5. The lowest BCUT2D eigenvalue weighted by Crippen LogP contribution is -2.70. The summed E-state index contributed by atoms with van der Waals surface area (Å²) in [6.45, 7) is -0.117. The standard InChI is InChI=1S/C22H38N2O16/c1-6(28)23-11-14(31)18(9(4-26)36-20(11)35)39-21-12(24-7(2)29)15(32)19(10(5-27)38-21)40-22-17(34)16(33)13(30)8(3-25)37-22/h8-22,25-27,30-35H,3-5H2,1-2H3,(H,23,28)(H,24,29)/t8?,9?,10?,11?,12?,13-,14+,15+,16-,17?,18-,19-,20?,21-,22-/m0/s1. The predicted molar refractivity (Wildman–Crippen MR) is 124 cm³/mol. The van der Waals surface area contributed by atoms with E-state index in [2.05, 4.69) is 10.6 Å². The summed E-state index contributed by atoms with van der Waals surface area (Å²) in [4.78, 5) is 23.5. The molecule has 0 spiro atoms. The zero-order valence-electron chi connectivity index (χ0n) is 21.7. The van der Waals surface area contributed by atoms with Crippen molar-refractivity contribution in [3.63, 3.8) is 0 Å². The van der Waals surface area contributed by atoms with Gasteiger partial charge in [-0.25, -0.2) is 0 Å². The molecule has 3 aliphatic rings. The minimum absolute atomic E-state index is 0.623. The van der Waals surface area contributed by atoms with Gasteiger partial charge in [0.15, 0.2) is 18.9 Å². The maximum Gasteiger partial charge on any atom is 0.217 e. The molecule has 0 aromatic carbocycles. The van der Waals surface area contributed by atoms with Crippen LogP contribution in [0.15, 0.2) is 0 Å². The molecule has 15 atom stereocenters. The first-order valence-electron chi connectivity index (χ1n) is 12.6. The zero-order chi connectivity index (χ0) is 29.9. The molecule has 3 aliphatic heterocycles. The number of ether oxygens (including phenoxy) is 5. The van der Waals surface area contributed by atoms with Crippen molar-refractivity contribution < 1.29 is 79.2 Å². The van der Waals surface area contributed by atoms with Crippen molar-refractivity contribution >= 4 is 11.8 Å². The highest BCUT2D eigenvalue weighted by Crippen LogP contribution is 2.32. The molecule has 0 aromatic heterocycles. The molecule has 0 saturated carbocycles. The van der Waals surface area contributed by atoms with Gasteiger partial charge < -0.3 is 80.3 Å². The van der Waals surface area contributed by atoms with Gasteiger partial charge >= 0.3 is 0 Å². The Kier molecular flexibility index (Phi) is 11.5. The van der Waals surface area contributed by atoms with E-state index in [1.165, 1.54) is 0 Å². The van der Waals surface area contributed by atoms with Crippen molar-refractivity contribution in [2.75, 3.05) is 19.8 Å². The van der Waals surface area contributed by atoms with Gasteiger partial charge in [0.05, 0.1) is 19.8 Å². The van der Waals surface area contributed by atoms with Crippen LogP contribution in [0.5, 0.6) is 0 Å². The molecule has 232 valence electrons.